The third-order valence-corrected chi connectivity index (χ3v) is 4.96. The van der Waals surface area contributed by atoms with Gasteiger partial charge < -0.3 is 4.57 Å². The Hall–Kier alpha value is -2.47. The number of thiazole rings is 1. The summed E-state index contributed by atoms with van der Waals surface area (Å²) in [5.41, 5.74) is 1.74. The molecule has 1 fully saturated rings. The van der Waals surface area contributed by atoms with E-state index in [0.29, 0.717) is 23.3 Å². The number of nitrogens with zero attached hydrogens (tertiary/aromatic N) is 3. The standard InChI is InChI=1S/C17H16N4OS/c22-16(20-17-19-10-15(23-17)13-3-4-13)14-2-1-9-21(14)11-12-5-7-18-8-6-12/h1-2,5-10,13H,3-4,11H2,(H,19,20,22). The first-order valence-corrected chi connectivity index (χ1v) is 8.42. The summed E-state index contributed by atoms with van der Waals surface area (Å²) in [6.07, 6.45) is 9.79. The van der Waals surface area contributed by atoms with E-state index in [0.717, 1.165) is 5.56 Å². The lowest BCUT2D eigenvalue weighted by Crippen LogP contribution is -2.17. The molecule has 0 aromatic carbocycles. The second-order valence-electron chi connectivity index (χ2n) is 5.67. The number of anilines is 1. The Morgan fingerprint density at radius 1 is 1.30 bits per heavy atom. The maximum atomic E-state index is 12.5. The predicted molar refractivity (Wildman–Crippen MR) is 89.8 cm³/mol. The van der Waals surface area contributed by atoms with Crippen LogP contribution < -0.4 is 5.32 Å². The molecule has 0 bridgehead atoms. The van der Waals surface area contributed by atoms with Gasteiger partial charge in [-0.15, -0.1) is 11.3 Å². The third kappa shape index (κ3) is 3.17. The number of rotatable bonds is 5. The molecule has 23 heavy (non-hydrogen) atoms. The van der Waals surface area contributed by atoms with Gasteiger partial charge in [0.2, 0.25) is 0 Å². The van der Waals surface area contributed by atoms with E-state index < -0.39 is 0 Å². The molecule has 3 aromatic heterocycles. The summed E-state index contributed by atoms with van der Waals surface area (Å²) in [4.78, 5) is 22.1. The molecular formula is C17H16N4OS. The fraction of sp³-hybridized carbons (Fsp3) is 0.235. The molecule has 0 saturated heterocycles. The second-order valence-corrected chi connectivity index (χ2v) is 6.74. The zero-order chi connectivity index (χ0) is 15.6. The molecular weight excluding hydrogens is 308 g/mol. The maximum Gasteiger partial charge on any atom is 0.274 e. The number of carbonyl (C=O) groups is 1. The Morgan fingerprint density at radius 3 is 2.91 bits per heavy atom. The van der Waals surface area contributed by atoms with Gasteiger partial charge in [0.05, 0.1) is 0 Å². The predicted octanol–water partition coefficient (Wildman–Crippen LogP) is 3.52. The zero-order valence-electron chi connectivity index (χ0n) is 12.5. The van der Waals surface area contributed by atoms with E-state index in [-0.39, 0.29) is 5.91 Å². The van der Waals surface area contributed by atoms with E-state index in [1.165, 1.54) is 17.7 Å². The Bertz CT molecular complexity index is 820. The molecule has 3 aromatic rings. The van der Waals surface area contributed by atoms with Crippen molar-refractivity contribution in [3.05, 3.63) is 65.2 Å². The fourth-order valence-corrected chi connectivity index (χ4v) is 3.49. The van der Waals surface area contributed by atoms with Crippen molar-refractivity contribution in [2.24, 2.45) is 0 Å². The smallest absolute Gasteiger partial charge is 0.274 e. The maximum absolute atomic E-state index is 12.5. The van der Waals surface area contributed by atoms with Crippen LogP contribution in [0.15, 0.2) is 49.1 Å². The Labute approximate surface area is 138 Å². The number of carbonyl (C=O) groups excluding carboxylic acids is 1. The topological polar surface area (TPSA) is 59.8 Å². The van der Waals surface area contributed by atoms with Crippen molar-refractivity contribution in [2.75, 3.05) is 5.32 Å². The van der Waals surface area contributed by atoms with Crippen LogP contribution in [-0.2, 0) is 6.54 Å². The average molecular weight is 324 g/mol. The van der Waals surface area contributed by atoms with Crippen LogP contribution in [0.1, 0.15) is 39.7 Å². The number of hydrogen-bond acceptors (Lipinski definition) is 4. The van der Waals surface area contributed by atoms with E-state index in [1.54, 1.807) is 23.7 Å². The highest BCUT2D eigenvalue weighted by Crippen LogP contribution is 2.43. The van der Waals surface area contributed by atoms with Crippen molar-refractivity contribution < 1.29 is 4.79 Å². The molecule has 1 aliphatic carbocycles. The largest absolute Gasteiger partial charge is 0.339 e. The first-order valence-electron chi connectivity index (χ1n) is 7.61. The van der Waals surface area contributed by atoms with E-state index in [4.69, 9.17) is 0 Å². The molecule has 1 N–H and O–H groups in total. The van der Waals surface area contributed by atoms with Crippen LogP contribution in [0.3, 0.4) is 0 Å². The van der Waals surface area contributed by atoms with Gasteiger partial charge in [-0.05, 0) is 48.6 Å². The first-order chi connectivity index (χ1) is 11.3. The van der Waals surface area contributed by atoms with Gasteiger partial charge in [0.25, 0.3) is 5.91 Å². The highest BCUT2D eigenvalue weighted by atomic mass is 32.1. The minimum atomic E-state index is -0.124. The van der Waals surface area contributed by atoms with Crippen LogP contribution in [0.5, 0.6) is 0 Å². The molecule has 3 heterocycles. The molecule has 0 aliphatic heterocycles. The monoisotopic (exact) mass is 324 g/mol. The van der Waals surface area contributed by atoms with Crippen molar-refractivity contribution in [1.29, 1.82) is 0 Å². The molecule has 5 nitrogen and oxygen atoms in total. The summed E-state index contributed by atoms with van der Waals surface area (Å²) < 4.78 is 1.93. The summed E-state index contributed by atoms with van der Waals surface area (Å²) in [6, 6.07) is 7.61. The van der Waals surface area contributed by atoms with Crippen LogP contribution in [0, 0.1) is 0 Å². The van der Waals surface area contributed by atoms with Crippen LogP contribution >= 0.6 is 11.3 Å². The van der Waals surface area contributed by atoms with Gasteiger partial charge in [-0.25, -0.2) is 4.98 Å². The third-order valence-electron chi connectivity index (χ3n) is 3.89. The molecule has 0 radical (unpaired) electrons. The molecule has 1 saturated carbocycles. The van der Waals surface area contributed by atoms with E-state index in [1.807, 2.05) is 41.2 Å². The molecule has 0 spiro atoms. The quantitative estimate of drug-likeness (QED) is 0.781. The van der Waals surface area contributed by atoms with E-state index >= 15 is 0 Å². The van der Waals surface area contributed by atoms with Gasteiger partial charge in [-0.3, -0.25) is 15.1 Å². The van der Waals surface area contributed by atoms with Gasteiger partial charge in [0.15, 0.2) is 5.13 Å². The molecule has 1 amide bonds. The number of aromatic nitrogens is 3. The van der Waals surface area contributed by atoms with E-state index in [2.05, 4.69) is 15.3 Å². The SMILES string of the molecule is O=C(Nc1ncc(C2CC2)s1)c1cccn1Cc1ccncc1. The van der Waals surface area contributed by atoms with Gasteiger partial charge in [0.1, 0.15) is 5.69 Å². The molecule has 0 unspecified atom stereocenters. The molecule has 1 aliphatic rings. The fourth-order valence-electron chi connectivity index (χ4n) is 2.51. The lowest BCUT2D eigenvalue weighted by atomic mass is 10.2. The van der Waals surface area contributed by atoms with Gasteiger partial charge >= 0.3 is 0 Å². The van der Waals surface area contributed by atoms with Crippen LogP contribution in [0.2, 0.25) is 0 Å². The van der Waals surface area contributed by atoms with Gasteiger partial charge in [-0.2, -0.15) is 0 Å². The minimum absolute atomic E-state index is 0.124. The summed E-state index contributed by atoms with van der Waals surface area (Å²) >= 11 is 1.58. The van der Waals surface area contributed by atoms with Crippen LogP contribution in [0.4, 0.5) is 5.13 Å². The Kier molecular flexibility index (Phi) is 3.67. The lowest BCUT2D eigenvalue weighted by molar-refractivity contribution is 0.101. The summed E-state index contributed by atoms with van der Waals surface area (Å²) in [6.45, 7) is 0.642. The normalized spacial score (nSPS) is 13.9. The van der Waals surface area contributed by atoms with Crippen molar-refractivity contribution >= 4 is 22.4 Å². The number of pyridine rings is 1. The highest BCUT2D eigenvalue weighted by Gasteiger charge is 2.26. The minimum Gasteiger partial charge on any atom is -0.339 e. The van der Waals surface area contributed by atoms with Gasteiger partial charge in [-0.1, -0.05) is 0 Å². The van der Waals surface area contributed by atoms with Crippen molar-refractivity contribution in [3.8, 4) is 0 Å². The summed E-state index contributed by atoms with van der Waals surface area (Å²) in [5.74, 6) is 0.537. The van der Waals surface area contributed by atoms with Crippen molar-refractivity contribution in [2.45, 2.75) is 25.3 Å². The Balaban J connectivity index is 1.48. The lowest BCUT2D eigenvalue weighted by Gasteiger charge is -2.08. The second kappa shape index (κ2) is 5.96. The number of nitrogens with one attached hydrogen (secondary N) is 1. The Morgan fingerprint density at radius 2 is 2.13 bits per heavy atom. The van der Waals surface area contributed by atoms with E-state index in [9.17, 15) is 4.79 Å². The van der Waals surface area contributed by atoms with Crippen molar-refractivity contribution in [1.82, 2.24) is 14.5 Å². The highest BCUT2D eigenvalue weighted by molar-refractivity contribution is 7.15. The molecule has 0 atom stereocenters. The number of amides is 1. The molecule has 4 rings (SSSR count). The van der Waals surface area contributed by atoms with Crippen molar-refractivity contribution in [3.63, 3.8) is 0 Å². The molecule has 116 valence electrons. The summed E-state index contributed by atoms with van der Waals surface area (Å²) in [7, 11) is 0. The van der Waals surface area contributed by atoms with Crippen LogP contribution in [0.25, 0.3) is 0 Å². The van der Waals surface area contributed by atoms with Gasteiger partial charge in [0, 0.05) is 36.2 Å². The average Bonchev–Trinajstić information content (AvgIpc) is 3.13. The summed E-state index contributed by atoms with van der Waals surface area (Å²) in [5, 5.41) is 3.58. The van der Waals surface area contributed by atoms with Crippen LogP contribution in [-0.4, -0.2) is 20.4 Å². The number of hydrogen-bond donors (Lipinski definition) is 1. The first kappa shape index (κ1) is 14.1. The molecule has 6 heteroatoms. The zero-order valence-corrected chi connectivity index (χ0v) is 13.3.